The minimum absolute atomic E-state index is 0.101. The number of ether oxygens (including phenoxy) is 1. The number of anilines is 1. The number of hydrogen-bond donors (Lipinski definition) is 2. The van der Waals surface area contributed by atoms with Gasteiger partial charge in [0.15, 0.2) is 0 Å². The fourth-order valence-corrected chi connectivity index (χ4v) is 3.09. The molecule has 0 bridgehead atoms. The van der Waals surface area contributed by atoms with Crippen molar-refractivity contribution in [1.29, 1.82) is 0 Å². The molecule has 24 heavy (non-hydrogen) atoms. The molecule has 0 fully saturated rings. The lowest BCUT2D eigenvalue weighted by Gasteiger charge is -2.38. The number of urea groups is 1. The van der Waals surface area contributed by atoms with Crippen molar-refractivity contribution in [3.8, 4) is 5.75 Å². The standard InChI is InChI=1S/C19H21ClN2O2/c1-12-4-9-17-15(10-12)16(11-19(2,3)24-17)22-18(23)21-14-7-5-13(20)6-8-14/h4-10,16H,11H2,1-3H3,(H2,21,22,23). The molecule has 3 rings (SSSR count). The average Bonchev–Trinajstić information content (AvgIpc) is 2.49. The summed E-state index contributed by atoms with van der Waals surface area (Å²) in [5.41, 5.74) is 2.52. The molecule has 4 nitrogen and oxygen atoms in total. The van der Waals surface area contributed by atoms with E-state index in [9.17, 15) is 4.79 Å². The Kier molecular flexibility index (Phi) is 4.41. The summed E-state index contributed by atoms with van der Waals surface area (Å²) in [6.07, 6.45) is 0.706. The second-order valence-corrected chi connectivity index (χ2v) is 7.20. The number of carbonyl (C=O) groups is 1. The molecule has 0 saturated heterocycles. The molecule has 1 unspecified atom stereocenters. The molecule has 0 spiro atoms. The number of carbonyl (C=O) groups excluding carboxylic acids is 1. The van der Waals surface area contributed by atoms with Gasteiger partial charge in [-0.2, -0.15) is 0 Å². The first kappa shape index (κ1) is 16.7. The summed E-state index contributed by atoms with van der Waals surface area (Å²) in [6, 6.07) is 12.7. The van der Waals surface area contributed by atoms with Crippen LogP contribution in [0.5, 0.6) is 5.75 Å². The van der Waals surface area contributed by atoms with Crippen molar-refractivity contribution in [3.05, 3.63) is 58.6 Å². The zero-order valence-corrected chi connectivity index (χ0v) is 14.8. The molecule has 2 aromatic carbocycles. The summed E-state index contributed by atoms with van der Waals surface area (Å²) >= 11 is 5.86. The van der Waals surface area contributed by atoms with E-state index in [1.807, 2.05) is 32.9 Å². The second kappa shape index (κ2) is 6.36. The number of fused-ring (bicyclic) bond motifs is 1. The van der Waals surface area contributed by atoms with Crippen molar-refractivity contribution in [3.63, 3.8) is 0 Å². The van der Waals surface area contributed by atoms with E-state index in [4.69, 9.17) is 16.3 Å². The molecule has 1 aliphatic rings. The van der Waals surface area contributed by atoms with Gasteiger partial charge in [-0.3, -0.25) is 0 Å². The molecule has 126 valence electrons. The molecule has 2 N–H and O–H groups in total. The lowest BCUT2D eigenvalue weighted by molar-refractivity contribution is 0.0682. The largest absolute Gasteiger partial charge is 0.487 e. The Bertz CT molecular complexity index is 756. The number of hydrogen-bond acceptors (Lipinski definition) is 2. The number of aryl methyl sites for hydroxylation is 1. The molecule has 2 aromatic rings. The van der Waals surface area contributed by atoms with Crippen LogP contribution in [0.25, 0.3) is 0 Å². The molecular weight excluding hydrogens is 324 g/mol. The Hall–Kier alpha value is -2.20. The van der Waals surface area contributed by atoms with Crippen LogP contribution in [0.3, 0.4) is 0 Å². The monoisotopic (exact) mass is 344 g/mol. The summed E-state index contributed by atoms with van der Waals surface area (Å²) in [7, 11) is 0. The van der Waals surface area contributed by atoms with E-state index in [0.717, 1.165) is 16.9 Å². The van der Waals surface area contributed by atoms with E-state index in [0.29, 0.717) is 17.1 Å². The van der Waals surface area contributed by atoms with Gasteiger partial charge in [0.1, 0.15) is 11.4 Å². The van der Waals surface area contributed by atoms with E-state index < -0.39 is 0 Å². The molecule has 5 heteroatoms. The molecule has 1 atom stereocenters. The number of benzene rings is 2. The lowest BCUT2D eigenvalue weighted by atomic mass is 9.89. The Labute approximate surface area is 147 Å². The molecular formula is C19H21ClN2O2. The van der Waals surface area contributed by atoms with Gasteiger partial charge in [-0.25, -0.2) is 4.79 Å². The molecule has 0 aromatic heterocycles. The number of halogens is 1. The number of amides is 2. The van der Waals surface area contributed by atoms with E-state index in [2.05, 4.69) is 16.7 Å². The molecule has 0 radical (unpaired) electrons. The summed E-state index contributed by atoms with van der Waals surface area (Å²) in [6.45, 7) is 6.09. The average molecular weight is 345 g/mol. The normalized spacial score (nSPS) is 18.2. The van der Waals surface area contributed by atoms with Crippen molar-refractivity contribution in [1.82, 2.24) is 5.32 Å². The zero-order valence-electron chi connectivity index (χ0n) is 14.0. The van der Waals surface area contributed by atoms with Crippen molar-refractivity contribution in [2.75, 3.05) is 5.32 Å². The van der Waals surface area contributed by atoms with Gasteiger partial charge in [-0.05, 0) is 51.1 Å². The van der Waals surface area contributed by atoms with Gasteiger partial charge in [0.25, 0.3) is 0 Å². The van der Waals surface area contributed by atoms with E-state index in [1.165, 1.54) is 0 Å². The summed E-state index contributed by atoms with van der Waals surface area (Å²) in [5.74, 6) is 0.827. The topological polar surface area (TPSA) is 50.4 Å². The first-order valence-corrected chi connectivity index (χ1v) is 8.33. The highest BCUT2D eigenvalue weighted by Crippen LogP contribution is 2.39. The van der Waals surface area contributed by atoms with E-state index in [-0.39, 0.29) is 17.7 Å². The second-order valence-electron chi connectivity index (χ2n) is 6.77. The molecule has 1 heterocycles. The lowest BCUT2D eigenvalue weighted by Crippen LogP contribution is -2.42. The predicted molar refractivity (Wildman–Crippen MR) is 96.9 cm³/mol. The highest BCUT2D eigenvalue weighted by atomic mass is 35.5. The third kappa shape index (κ3) is 3.82. The zero-order chi connectivity index (χ0) is 17.3. The van der Waals surface area contributed by atoms with Crippen LogP contribution in [0.2, 0.25) is 5.02 Å². The minimum atomic E-state index is -0.333. The third-order valence-corrected chi connectivity index (χ3v) is 4.28. The molecule has 2 amide bonds. The van der Waals surface area contributed by atoms with Crippen LogP contribution < -0.4 is 15.4 Å². The SMILES string of the molecule is Cc1ccc2c(c1)C(NC(=O)Nc1ccc(Cl)cc1)CC(C)(C)O2. The van der Waals surface area contributed by atoms with Crippen LogP contribution in [0, 0.1) is 6.92 Å². The van der Waals surface area contributed by atoms with Crippen LogP contribution in [-0.2, 0) is 0 Å². The van der Waals surface area contributed by atoms with Gasteiger partial charge < -0.3 is 15.4 Å². The molecule has 0 saturated carbocycles. The van der Waals surface area contributed by atoms with Crippen LogP contribution in [0.1, 0.15) is 37.4 Å². The van der Waals surface area contributed by atoms with Gasteiger partial charge in [0.05, 0.1) is 6.04 Å². The van der Waals surface area contributed by atoms with Crippen LogP contribution >= 0.6 is 11.6 Å². The Morgan fingerprint density at radius 2 is 1.92 bits per heavy atom. The van der Waals surface area contributed by atoms with E-state index >= 15 is 0 Å². The fourth-order valence-electron chi connectivity index (χ4n) is 2.96. The first-order valence-electron chi connectivity index (χ1n) is 7.95. The molecule has 1 aliphatic heterocycles. The van der Waals surface area contributed by atoms with Crippen molar-refractivity contribution in [2.45, 2.75) is 38.8 Å². The minimum Gasteiger partial charge on any atom is -0.487 e. The first-order chi connectivity index (χ1) is 11.3. The predicted octanol–water partition coefficient (Wildman–Crippen LogP) is 5.07. The van der Waals surface area contributed by atoms with Crippen molar-refractivity contribution < 1.29 is 9.53 Å². The van der Waals surface area contributed by atoms with Crippen LogP contribution in [-0.4, -0.2) is 11.6 Å². The van der Waals surface area contributed by atoms with Gasteiger partial charge in [-0.15, -0.1) is 0 Å². The Morgan fingerprint density at radius 1 is 1.21 bits per heavy atom. The summed E-state index contributed by atoms with van der Waals surface area (Å²) < 4.78 is 6.03. The van der Waals surface area contributed by atoms with Gasteiger partial charge in [0, 0.05) is 22.7 Å². The highest BCUT2D eigenvalue weighted by Gasteiger charge is 2.34. The molecule has 0 aliphatic carbocycles. The third-order valence-electron chi connectivity index (χ3n) is 4.03. The smallest absolute Gasteiger partial charge is 0.319 e. The van der Waals surface area contributed by atoms with Gasteiger partial charge in [-0.1, -0.05) is 29.3 Å². The number of rotatable bonds is 2. The maximum atomic E-state index is 12.4. The van der Waals surface area contributed by atoms with Crippen molar-refractivity contribution in [2.24, 2.45) is 0 Å². The van der Waals surface area contributed by atoms with Gasteiger partial charge in [0.2, 0.25) is 0 Å². The fraction of sp³-hybridized carbons (Fsp3) is 0.316. The van der Waals surface area contributed by atoms with Gasteiger partial charge >= 0.3 is 6.03 Å². The summed E-state index contributed by atoms with van der Waals surface area (Å²) in [5, 5.41) is 6.53. The Morgan fingerprint density at radius 3 is 2.62 bits per heavy atom. The Balaban J connectivity index is 1.77. The maximum Gasteiger partial charge on any atom is 0.319 e. The maximum absolute atomic E-state index is 12.4. The highest BCUT2D eigenvalue weighted by molar-refractivity contribution is 6.30. The summed E-state index contributed by atoms with van der Waals surface area (Å²) in [4.78, 5) is 12.4. The van der Waals surface area contributed by atoms with Crippen LogP contribution in [0.15, 0.2) is 42.5 Å². The quantitative estimate of drug-likeness (QED) is 0.798. The van der Waals surface area contributed by atoms with Crippen LogP contribution in [0.4, 0.5) is 10.5 Å². The van der Waals surface area contributed by atoms with Crippen molar-refractivity contribution >= 4 is 23.3 Å². The number of nitrogens with one attached hydrogen (secondary N) is 2. The van der Waals surface area contributed by atoms with E-state index in [1.54, 1.807) is 24.3 Å².